The molecule has 1 unspecified atom stereocenters. The van der Waals surface area contributed by atoms with E-state index < -0.39 is 0 Å². The second-order valence-electron chi connectivity index (χ2n) is 5.33. The van der Waals surface area contributed by atoms with E-state index in [9.17, 15) is 0 Å². The summed E-state index contributed by atoms with van der Waals surface area (Å²) in [5.41, 5.74) is 2.30. The van der Waals surface area contributed by atoms with E-state index in [-0.39, 0.29) is 6.04 Å². The second-order valence-corrected chi connectivity index (χ2v) is 7.47. The van der Waals surface area contributed by atoms with Crippen LogP contribution in [0.15, 0.2) is 33.7 Å². The van der Waals surface area contributed by atoms with Crippen LogP contribution in [-0.4, -0.2) is 17.5 Å². The Balaban J connectivity index is 2.08. The minimum Gasteiger partial charge on any atom is -0.357 e. The summed E-state index contributed by atoms with van der Waals surface area (Å²) in [7, 11) is 0. The van der Waals surface area contributed by atoms with E-state index in [2.05, 4.69) is 69.4 Å². The van der Waals surface area contributed by atoms with Gasteiger partial charge in [0.15, 0.2) is 5.96 Å². The summed E-state index contributed by atoms with van der Waals surface area (Å²) in [5.74, 6) is 0.807. The third-order valence-corrected chi connectivity index (χ3v) is 5.29. The maximum atomic E-state index is 4.66. The normalized spacial score (nSPS) is 13.0. The highest BCUT2D eigenvalue weighted by molar-refractivity contribution is 9.10. The van der Waals surface area contributed by atoms with Crippen LogP contribution in [0.2, 0.25) is 0 Å². The highest BCUT2D eigenvalue weighted by Gasteiger charge is 2.11. The van der Waals surface area contributed by atoms with E-state index in [0.717, 1.165) is 27.7 Å². The summed E-state index contributed by atoms with van der Waals surface area (Å²) in [4.78, 5) is 10.5. The van der Waals surface area contributed by atoms with E-state index in [1.807, 2.05) is 19.1 Å². The first-order valence-corrected chi connectivity index (χ1v) is 9.34. The van der Waals surface area contributed by atoms with Gasteiger partial charge in [0.1, 0.15) is 5.01 Å². The number of guanidine groups is 1. The van der Waals surface area contributed by atoms with Crippen molar-refractivity contribution in [1.82, 2.24) is 15.6 Å². The van der Waals surface area contributed by atoms with E-state index in [4.69, 9.17) is 0 Å². The first-order valence-electron chi connectivity index (χ1n) is 7.73. The van der Waals surface area contributed by atoms with Crippen molar-refractivity contribution in [2.75, 3.05) is 6.54 Å². The van der Waals surface area contributed by atoms with Gasteiger partial charge in [0.05, 0.1) is 18.3 Å². The Morgan fingerprint density at radius 3 is 2.70 bits per heavy atom. The van der Waals surface area contributed by atoms with Crippen LogP contribution in [-0.2, 0) is 6.54 Å². The summed E-state index contributed by atoms with van der Waals surface area (Å²) in [6.07, 6.45) is 0. The van der Waals surface area contributed by atoms with Crippen LogP contribution in [0.25, 0.3) is 0 Å². The SMILES string of the molecule is CCNC(=NCc1nc(C)c(C)s1)NC(C)c1ccccc1Br. The van der Waals surface area contributed by atoms with Crippen molar-refractivity contribution >= 4 is 33.2 Å². The Bertz CT molecular complexity index is 661. The monoisotopic (exact) mass is 394 g/mol. The van der Waals surface area contributed by atoms with E-state index in [0.29, 0.717) is 6.54 Å². The number of aliphatic imine (C=N–C) groups is 1. The highest BCUT2D eigenvalue weighted by Crippen LogP contribution is 2.22. The molecule has 124 valence electrons. The number of nitrogens with one attached hydrogen (secondary N) is 2. The third kappa shape index (κ3) is 5.04. The van der Waals surface area contributed by atoms with Crippen molar-refractivity contribution in [3.05, 3.63) is 49.9 Å². The number of rotatable bonds is 5. The molecule has 0 amide bonds. The summed E-state index contributed by atoms with van der Waals surface area (Å²) >= 11 is 5.31. The van der Waals surface area contributed by atoms with Gasteiger partial charge in [-0.2, -0.15) is 0 Å². The molecular formula is C17H23BrN4S. The molecule has 0 radical (unpaired) electrons. The Morgan fingerprint density at radius 1 is 1.35 bits per heavy atom. The average Bonchev–Trinajstić information content (AvgIpc) is 2.84. The van der Waals surface area contributed by atoms with E-state index >= 15 is 0 Å². The van der Waals surface area contributed by atoms with Gasteiger partial charge >= 0.3 is 0 Å². The van der Waals surface area contributed by atoms with E-state index in [1.165, 1.54) is 10.4 Å². The number of hydrogen-bond donors (Lipinski definition) is 2. The minimum atomic E-state index is 0.156. The number of benzene rings is 1. The van der Waals surface area contributed by atoms with Crippen molar-refractivity contribution in [3.63, 3.8) is 0 Å². The largest absolute Gasteiger partial charge is 0.357 e. The molecule has 2 N–H and O–H groups in total. The smallest absolute Gasteiger partial charge is 0.192 e. The molecule has 0 bridgehead atoms. The number of aromatic nitrogens is 1. The van der Waals surface area contributed by atoms with Crippen LogP contribution in [0.1, 0.15) is 41.0 Å². The number of aryl methyl sites for hydroxylation is 2. The minimum absolute atomic E-state index is 0.156. The maximum absolute atomic E-state index is 4.66. The molecule has 0 saturated carbocycles. The van der Waals surface area contributed by atoms with Crippen LogP contribution in [0.4, 0.5) is 0 Å². The first kappa shape index (κ1) is 17.9. The fourth-order valence-corrected chi connectivity index (χ4v) is 3.67. The lowest BCUT2D eigenvalue weighted by atomic mass is 10.1. The molecule has 2 rings (SSSR count). The first-order chi connectivity index (χ1) is 11.0. The zero-order chi connectivity index (χ0) is 16.8. The number of nitrogens with zero attached hydrogens (tertiary/aromatic N) is 2. The number of thiazole rings is 1. The van der Waals surface area contributed by atoms with Crippen molar-refractivity contribution in [2.45, 2.75) is 40.3 Å². The van der Waals surface area contributed by atoms with Crippen molar-refractivity contribution < 1.29 is 0 Å². The average molecular weight is 395 g/mol. The van der Waals surface area contributed by atoms with Gasteiger partial charge in [0.25, 0.3) is 0 Å². The lowest BCUT2D eigenvalue weighted by Crippen LogP contribution is -2.38. The quantitative estimate of drug-likeness (QED) is 0.585. The molecular weight excluding hydrogens is 372 g/mol. The number of halogens is 1. The summed E-state index contributed by atoms with van der Waals surface area (Å²) in [6.45, 7) is 9.75. The molecule has 0 saturated heterocycles. The molecule has 4 nitrogen and oxygen atoms in total. The predicted octanol–water partition coefficient (Wildman–Crippen LogP) is 4.34. The lowest BCUT2D eigenvalue weighted by molar-refractivity contribution is 0.683. The molecule has 1 aromatic heterocycles. The van der Waals surface area contributed by atoms with Gasteiger partial charge in [0.2, 0.25) is 0 Å². The van der Waals surface area contributed by atoms with Gasteiger partial charge in [-0.1, -0.05) is 34.1 Å². The molecule has 2 aromatic rings. The van der Waals surface area contributed by atoms with Gasteiger partial charge in [-0.3, -0.25) is 0 Å². The van der Waals surface area contributed by atoms with Crippen molar-refractivity contribution in [2.24, 2.45) is 4.99 Å². The van der Waals surface area contributed by atoms with E-state index in [1.54, 1.807) is 11.3 Å². The molecule has 6 heteroatoms. The van der Waals surface area contributed by atoms with Crippen LogP contribution in [0, 0.1) is 13.8 Å². The molecule has 0 spiro atoms. The van der Waals surface area contributed by atoms with Crippen molar-refractivity contribution in [3.8, 4) is 0 Å². The predicted molar refractivity (Wildman–Crippen MR) is 102 cm³/mol. The van der Waals surface area contributed by atoms with Gasteiger partial charge < -0.3 is 10.6 Å². The standard InChI is InChI=1S/C17H23BrN4S/c1-5-19-17(20-10-16-21-11(2)13(4)23-16)22-12(3)14-8-6-7-9-15(14)18/h6-9,12H,5,10H2,1-4H3,(H2,19,20,22). The van der Waals surface area contributed by atoms with Gasteiger partial charge in [0, 0.05) is 15.9 Å². The van der Waals surface area contributed by atoms with Gasteiger partial charge in [-0.15, -0.1) is 11.3 Å². The van der Waals surface area contributed by atoms with Crippen LogP contribution >= 0.6 is 27.3 Å². The zero-order valence-corrected chi connectivity index (χ0v) is 16.4. The Kier molecular flexibility index (Phi) is 6.59. The molecule has 23 heavy (non-hydrogen) atoms. The summed E-state index contributed by atoms with van der Waals surface area (Å²) in [6, 6.07) is 8.39. The molecule has 0 fully saturated rings. The third-order valence-electron chi connectivity index (χ3n) is 3.51. The summed E-state index contributed by atoms with van der Waals surface area (Å²) in [5, 5.41) is 7.79. The molecule has 1 atom stereocenters. The highest BCUT2D eigenvalue weighted by atomic mass is 79.9. The Labute approximate surface area is 150 Å². The number of hydrogen-bond acceptors (Lipinski definition) is 3. The Morgan fingerprint density at radius 2 is 2.09 bits per heavy atom. The van der Waals surface area contributed by atoms with Crippen LogP contribution < -0.4 is 10.6 Å². The van der Waals surface area contributed by atoms with Gasteiger partial charge in [-0.05, 0) is 39.3 Å². The molecule has 0 aliphatic rings. The van der Waals surface area contributed by atoms with Crippen molar-refractivity contribution in [1.29, 1.82) is 0 Å². The second kappa shape index (κ2) is 8.45. The Hall–Kier alpha value is -1.40. The zero-order valence-electron chi connectivity index (χ0n) is 14.0. The van der Waals surface area contributed by atoms with Crippen LogP contribution in [0.3, 0.4) is 0 Å². The van der Waals surface area contributed by atoms with Crippen LogP contribution in [0.5, 0.6) is 0 Å². The molecule has 1 heterocycles. The maximum Gasteiger partial charge on any atom is 0.192 e. The molecule has 1 aromatic carbocycles. The molecule has 0 aliphatic carbocycles. The fourth-order valence-electron chi connectivity index (χ4n) is 2.18. The lowest BCUT2D eigenvalue weighted by Gasteiger charge is -2.19. The molecule has 0 aliphatic heterocycles. The summed E-state index contributed by atoms with van der Waals surface area (Å²) < 4.78 is 1.10. The van der Waals surface area contributed by atoms with Gasteiger partial charge in [-0.25, -0.2) is 9.98 Å². The fraction of sp³-hybridized carbons (Fsp3) is 0.412. The topological polar surface area (TPSA) is 49.3 Å².